The van der Waals surface area contributed by atoms with Crippen LogP contribution < -0.4 is 5.32 Å². The molecule has 3 atom stereocenters. The first-order valence-corrected chi connectivity index (χ1v) is 8.57. The van der Waals surface area contributed by atoms with Crippen molar-refractivity contribution in [2.24, 2.45) is 10.9 Å². The first-order chi connectivity index (χ1) is 8.70. The van der Waals surface area contributed by atoms with Gasteiger partial charge in [0.15, 0.2) is 5.17 Å². The van der Waals surface area contributed by atoms with Crippen LogP contribution >= 0.6 is 23.1 Å². The normalized spacial score (nSPS) is 25.6. The summed E-state index contributed by atoms with van der Waals surface area (Å²) in [4.78, 5) is 6.19. The minimum atomic E-state index is 0.432. The van der Waals surface area contributed by atoms with Crippen LogP contribution in [-0.4, -0.2) is 17.0 Å². The van der Waals surface area contributed by atoms with Crippen LogP contribution in [0.15, 0.2) is 22.5 Å². The minimum Gasteiger partial charge on any atom is -0.357 e. The molecule has 0 bridgehead atoms. The van der Waals surface area contributed by atoms with Crippen LogP contribution in [0, 0.1) is 5.92 Å². The van der Waals surface area contributed by atoms with Gasteiger partial charge >= 0.3 is 0 Å². The Hall–Kier alpha value is -0.480. The number of thiophene rings is 1. The summed E-state index contributed by atoms with van der Waals surface area (Å²) in [6, 6.07) is 5.23. The van der Waals surface area contributed by atoms with Gasteiger partial charge in [-0.3, -0.25) is 4.99 Å². The zero-order chi connectivity index (χ0) is 13.0. The highest BCUT2D eigenvalue weighted by molar-refractivity contribution is 8.13. The van der Waals surface area contributed by atoms with E-state index < -0.39 is 0 Å². The van der Waals surface area contributed by atoms with E-state index in [1.54, 1.807) is 0 Å². The molecule has 1 aromatic rings. The molecular formula is C14H22N2S2. The standard InChI is InChI=1S/C14H22N2S2/c1-4-6-12(13-7-5-8-17-13)16-14-15-11(3)10(2)9-18-14/h5,7-8,10-12H,4,6,9H2,1-3H3,(H,15,16). The molecule has 1 N–H and O–H groups in total. The summed E-state index contributed by atoms with van der Waals surface area (Å²) >= 11 is 3.70. The van der Waals surface area contributed by atoms with Crippen molar-refractivity contribution in [3.63, 3.8) is 0 Å². The number of rotatable bonds is 4. The Morgan fingerprint density at radius 1 is 1.50 bits per heavy atom. The van der Waals surface area contributed by atoms with Crippen LogP contribution in [0.25, 0.3) is 0 Å². The van der Waals surface area contributed by atoms with E-state index in [1.165, 1.54) is 23.5 Å². The molecule has 0 radical (unpaired) electrons. The highest BCUT2D eigenvalue weighted by Crippen LogP contribution is 2.27. The molecular weight excluding hydrogens is 260 g/mol. The molecule has 1 aromatic heterocycles. The van der Waals surface area contributed by atoms with Crippen LogP contribution in [0.3, 0.4) is 0 Å². The van der Waals surface area contributed by atoms with Crippen LogP contribution in [0.4, 0.5) is 0 Å². The van der Waals surface area contributed by atoms with Gasteiger partial charge in [-0.15, -0.1) is 11.3 Å². The van der Waals surface area contributed by atoms with E-state index in [9.17, 15) is 0 Å². The molecule has 2 rings (SSSR count). The largest absolute Gasteiger partial charge is 0.357 e. The molecule has 4 heteroatoms. The quantitative estimate of drug-likeness (QED) is 0.890. The van der Waals surface area contributed by atoms with Gasteiger partial charge in [0.25, 0.3) is 0 Å². The highest BCUT2D eigenvalue weighted by atomic mass is 32.2. The van der Waals surface area contributed by atoms with E-state index in [0.717, 1.165) is 5.17 Å². The lowest BCUT2D eigenvalue weighted by atomic mass is 10.1. The van der Waals surface area contributed by atoms with Gasteiger partial charge in [0.2, 0.25) is 0 Å². The minimum absolute atomic E-state index is 0.432. The summed E-state index contributed by atoms with van der Waals surface area (Å²) in [5.74, 6) is 1.86. The number of thioether (sulfide) groups is 1. The Labute approximate surface area is 118 Å². The summed E-state index contributed by atoms with van der Waals surface area (Å²) in [7, 11) is 0. The monoisotopic (exact) mass is 282 g/mol. The smallest absolute Gasteiger partial charge is 0.157 e. The second-order valence-electron chi connectivity index (χ2n) is 4.96. The molecule has 3 unspecified atom stereocenters. The maximum absolute atomic E-state index is 4.77. The first kappa shape index (κ1) is 13.9. The lowest BCUT2D eigenvalue weighted by molar-refractivity contribution is 0.527. The van der Waals surface area contributed by atoms with Crippen LogP contribution in [0.2, 0.25) is 0 Å². The average Bonchev–Trinajstić information content (AvgIpc) is 2.87. The molecule has 2 nitrogen and oxygen atoms in total. The predicted molar refractivity (Wildman–Crippen MR) is 83.6 cm³/mol. The van der Waals surface area contributed by atoms with Gasteiger partial charge in [0.1, 0.15) is 0 Å². The van der Waals surface area contributed by atoms with Gasteiger partial charge in [-0.05, 0) is 30.7 Å². The van der Waals surface area contributed by atoms with Crippen LogP contribution in [0.1, 0.15) is 44.5 Å². The number of hydrogen-bond donors (Lipinski definition) is 1. The Bertz CT molecular complexity index is 387. The summed E-state index contributed by atoms with van der Waals surface area (Å²) in [6.45, 7) is 6.73. The molecule has 100 valence electrons. The third-order valence-electron chi connectivity index (χ3n) is 3.39. The second kappa shape index (κ2) is 6.62. The van der Waals surface area contributed by atoms with Crippen molar-refractivity contribution in [3.05, 3.63) is 22.4 Å². The van der Waals surface area contributed by atoms with Crippen LogP contribution in [0.5, 0.6) is 0 Å². The van der Waals surface area contributed by atoms with E-state index in [-0.39, 0.29) is 0 Å². The molecule has 0 aromatic carbocycles. The summed E-state index contributed by atoms with van der Waals surface area (Å²) in [5, 5.41) is 6.92. The van der Waals surface area contributed by atoms with Crippen LogP contribution in [-0.2, 0) is 0 Å². The number of hydrogen-bond acceptors (Lipinski definition) is 4. The van der Waals surface area contributed by atoms with Crippen molar-refractivity contribution in [1.82, 2.24) is 5.32 Å². The summed E-state index contributed by atoms with van der Waals surface area (Å²) < 4.78 is 0. The number of nitrogens with one attached hydrogen (secondary N) is 1. The molecule has 0 spiro atoms. The van der Waals surface area contributed by atoms with Crippen molar-refractivity contribution in [3.8, 4) is 0 Å². The van der Waals surface area contributed by atoms with E-state index in [2.05, 4.69) is 43.6 Å². The van der Waals surface area contributed by atoms with E-state index >= 15 is 0 Å². The fraction of sp³-hybridized carbons (Fsp3) is 0.643. The third-order valence-corrected chi connectivity index (χ3v) is 5.56. The molecule has 2 heterocycles. The molecule has 1 aliphatic heterocycles. The zero-order valence-corrected chi connectivity index (χ0v) is 13.0. The molecule has 0 aliphatic carbocycles. The molecule has 0 amide bonds. The van der Waals surface area contributed by atoms with Gasteiger partial charge in [0, 0.05) is 10.6 Å². The van der Waals surface area contributed by atoms with Gasteiger partial charge in [-0.2, -0.15) is 0 Å². The SMILES string of the molecule is CCCC(NC1=NC(C)C(C)CS1)c1cccs1. The van der Waals surface area contributed by atoms with Crippen molar-refractivity contribution >= 4 is 28.3 Å². The van der Waals surface area contributed by atoms with E-state index in [1.807, 2.05) is 23.1 Å². The number of nitrogens with zero attached hydrogens (tertiary/aromatic N) is 1. The second-order valence-corrected chi connectivity index (χ2v) is 6.95. The van der Waals surface area contributed by atoms with Crippen molar-refractivity contribution in [2.75, 3.05) is 5.75 Å². The fourth-order valence-electron chi connectivity index (χ4n) is 1.99. The lowest BCUT2D eigenvalue weighted by Crippen LogP contribution is -2.32. The Morgan fingerprint density at radius 3 is 2.94 bits per heavy atom. The fourth-order valence-corrected chi connectivity index (χ4v) is 3.97. The maximum atomic E-state index is 4.77. The topological polar surface area (TPSA) is 24.4 Å². The van der Waals surface area contributed by atoms with E-state index in [4.69, 9.17) is 4.99 Å². The van der Waals surface area contributed by atoms with Gasteiger partial charge in [-0.1, -0.05) is 38.1 Å². The number of aliphatic imine (C=N–C) groups is 1. The predicted octanol–water partition coefficient (Wildman–Crippen LogP) is 4.31. The number of amidine groups is 1. The van der Waals surface area contributed by atoms with Crippen molar-refractivity contribution < 1.29 is 0 Å². The molecule has 0 saturated carbocycles. The van der Waals surface area contributed by atoms with Gasteiger partial charge in [-0.25, -0.2) is 0 Å². The Morgan fingerprint density at radius 2 is 2.33 bits per heavy atom. The third kappa shape index (κ3) is 3.51. The molecule has 0 fully saturated rings. The molecule has 0 saturated heterocycles. The Kier molecular flexibility index (Phi) is 5.13. The summed E-state index contributed by atoms with van der Waals surface area (Å²) in [6.07, 6.45) is 2.36. The molecule has 1 aliphatic rings. The first-order valence-electron chi connectivity index (χ1n) is 6.71. The lowest BCUT2D eigenvalue weighted by Gasteiger charge is -2.26. The Balaban J connectivity index is 2.03. The average molecular weight is 282 g/mol. The highest BCUT2D eigenvalue weighted by Gasteiger charge is 2.21. The molecule has 18 heavy (non-hydrogen) atoms. The van der Waals surface area contributed by atoms with Gasteiger partial charge < -0.3 is 5.32 Å². The zero-order valence-electron chi connectivity index (χ0n) is 11.3. The van der Waals surface area contributed by atoms with Gasteiger partial charge in [0.05, 0.1) is 12.1 Å². The van der Waals surface area contributed by atoms with Crippen molar-refractivity contribution in [2.45, 2.75) is 45.7 Å². The maximum Gasteiger partial charge on any atom is 0.157 e. The van der Waals surface area contributed by atoms with Crippen molar-refractivity contribution in [1.29, 1.82) is 0 Å². The summed E-state index contributed by atoms with van der Waals surface area (Å²) in [5.41, 5.74) is 0. The van der Waals surface area contributed by atoms with E-state index in [0.29, 0.717) is 18.0 Å².